The Morgan fingerprint density at radius 2 is 1.96 bits per heavy atom. The van der Waals surface area contributed by atoms with Gasteiger partial charge in [0.2, 0.25) is 5.88 Å². The first kappa shape index (κ1) is 19.7. The zero-order valence-electron chi connectivity index (χ0n) is 15.7. The van der Waals surface area contributed by atoms with Gasteiger partial charge in [0.1, 0.15) is 0 Å². The Morgan fingerprint density at radius 3 is 2.73 bits per heavy atom. The van der Waals surface area contributed by atoms with Crippen LogP contribution in [0.1, 0.15) is 37.9 Å². The molecule has 2 N–H and O–H groups in total. The molecule has 2 rings (SSSR count). The van der Waals surface area contributed by atoms with E-state index in [1.165, 1.54) is 0 Å². The number of guanidine groups is 1. The summed E-state index contributed by atoms with van der Waals surface area (Å²) in [5.41, 5.74) is 2.06. The summed E-state index contributed by atoms with van der Waals surface area (Å²) in [6.45, 7) is 6.99. The third-order valence-electron chi connectivity index (χ3n) is 3.74. The molecule has 0 unspecified atom stereocenters. The van der Waals surface area contributed by atoms with Crippen LogP contribution in [0.5, 0.6) is 5.88 Å². The summed E-state index contributed by atoms with van der Waals surface area (Å²) in [7, 11) is 0. The van der Waals surface area contributed by atoms with Gasteiger partial charge in [-0.05, 0) is 31.5 Å². The highest BCUT2D eigenvalue weighted by Crippen LogP contribution is 2.15. The van der Waals surface area contributed by atoms with E-state index in [4.69, 9.17) is 4.74 Å². The van der Waals surface area contributed by atoms with E-state index in [0.717, 1.165) is 49.6 Å². The van der Waals surface area contributed by atoms with Gasteiger partial charge in [0, 0.05) is 43.2 Å². The topological polar surface area (TPSA) is 71.4 Å². The third-order valence-corrected chi connectivity index (χ3v) is 3.74. The van der Waals surface area contributed by atoms with Gasteiger partial charge in [-0.1, -0.05) is 25.5 Å². The minimum atomic E-state index is 0.522. The van der Waals surface area contributed by atoms with E-state index in [1.807, 2.05) is 36.5 Å². The van der Waals surface area contributed by atoms with Crippen molar-refractivity contribution in [3.05, 3.63) is 54.0 Å². The lowest BCUT2D eigenvalue weighted by molar-refractivity contribution is 0.294. The molecule has 0 bridgehead atoms. The predicted molar refractivity (Wildman–Crippen MR) is 105 cm³/mol. The average molecular weight is 355 g/mol. The lowest BCUT2D eigenvalue weighted by Gasteiger charge is -2.12. The van der Waals surface area contributed by atoms with Crippen LogP contribution in [0.3, 0.4) is 0 Å². The van der Waals surface area contributed by atoms with Gasteiger partial charge >= 0.3 is 0 Å². The second-order valence-electron chi connectivity index (χ2n) is 5.86. The average Bonchev–Trinajstić information content (AvgIpc) is 2.68. The molecule has 0 saturated carbocycles. The Kier molecular flexibility index (Phi) is 8.97. The standard InChI is InChI=1S/C20H29N5O/c1-3-5-15-26-19-17(9-8-13-23-19)16-25-20(21-4-2)24-14-11-18-10-6-7-12-22-18/h6-10,12-13H,3-5,11,14-16H2,1-2H3,(H2,21,24,25). The minimum Gasteiger partial charge on any atom is -0.477 e. The second-order valence-corrected chi connectivity index (χ2v) is 5.86. The van der Waals surface area contributed by atoms with Crippen LogP contribution in [0.15, 0.2) is 47.7 Å². The molecule has 0 fully saturated rings. The quantitative estimate of drug-likeness (QED) is 0.389. The fraction of sp³-hybridized carbons (Fsp3) is 0.450. The molecule has 2 aromatic heterocycles. The normalized spacial score (nSPS) is 11.2. The molecule has 0 atom stereocenters. The minimum absolute atomic E-state index is 0.522. The number of rotatable bonds is 10. The van der Waals surface area contributed by atoms with E-state index in [0.29, 0.717) is 19.0 Å². The summed E-state index contributed by atoms with van der Waals surface area (Å²) in [6.07, 6.45) is 6.55. The lowest BCUT2D eigenvalue weighted by Crippen LogP contribution is -2.38. The zero-order chi connectivity index (χ0) is 18.5. The molecule has 140 valence electrons. The maximum Gasteiger partial charge on any atom is 0.218 e. The Balaban J connectivity index is 1.91. The molecule has 2 heterocycles. The van der Waals surface area contributed by atoms with Crippen molar-refractivity contribution in [2.24, 2.45) is 4.99 Å². The Labute approximate surface area is 156 Å². The van der Waals surface area contributed by atoms with Crippen molar-refractivity contribution >= 4 is 5.96 Å². The van der Waals surface area contributed by atoms with Gasteiger partial charge in [0.25, 0.3) is 0 Å². The molecular weight excluding hydrogens is 326 g/mol. The largest absolute Gasteiger partial charge is 0.477 e. The van der Waals surface area contributed by atoms with Crippen LogP contribution >= 0.6 is 0 Å². The summed E-state index contributed by atoms with van der Waals surface area (Å²) in [4.78, 5) is 13.3. The molecule has 0 aliphatic carbocycles. The fourth-order valence-electron chi connectivity index (χ4n) is 2.35. The number of hydrogen-bond acceptors (Lipinski definition) is 4. The van der Waals surface area contributed by atoms with Gasteiger partial charge in [0.05, 0.1) is 13.2 Å². The smallest absolute Gasteiger partial charge is 0.218 e. The Bertz CT molecular complexity index is 660. The highest BCUT2D eigenvalue weighted by molar-refractivity contribution is 5.79. The monoisotopic (exact) mass is 355 g/mol. The van der Waals surface area contributed by atoms with Crippen LogP contribution in [-0.2, 0) is 13.0 Å². The summed E-state index contributed by atoms with van der Waals surface area (Å²) in [6, 6.07) is 9.89. The molecule has 2 aromatic rings. The van der Waals surface area contributed by atoms with E-state index in [-0.39, 0.29) is 0 Å². The number of nitrogens with zero attached hydrogens (tertiary/aromatic N) is 3. The molecule has 26 heavy (non-hydrogen) atoms. The van der Waals surface area contributed by atoms with Gasteiger partial charge in [-0.25, -0.2) is 9.98 Å². The van der Waals surface area contributed by atoms with Gasteiger partial charge < -0.3 is 15.4 Å². The summed E-state index contributed by atoms with van der Waals surface area (Å²) in [5.74, 6) is 1.46. The van der Waals surface area contributed by atoms with Crippen molar-refractivity contribution in [1.29, 1.82) is 0 Å². The van der Waals surface area contributed by atoms with E-state index < -0.39 is 0 Å². The number of aromatic nitrogens is 2. The lowest BCUT2D eigenvalue weighted by atomic mass is 10.2. The van der Waals surface area contributed by atoms with Gasteiger partial charge in [-0.3, -0.25) is 4.98 Å². The van der Waals surface area contributed by atoms with Gasteiger partial charge in [-0.2, -0.15) is 0 Å². The van der Waals surface area contributed by atoms with Crippen LogP contribution < -0.4 is 15.4 Å². The second kappa shape index (κ2) is 11.8. The van der Waals surface area contributed by atoms with Crippen LogP contribution in [0, 0.1) is 0 Å². The first-order valence-corrected chi connectivity index (χ1v) is 9.32. The molecule has 6 nitrogen and oxygen atoms in total. The maximum atomic E-state index is 5.78. The van der Waals surface area contributed by atoms with E-state index in [2.05, 4.69) is 39.4 Å². The molecule has 0 aliphatic rings. The number of ether oxygens (including phenoxy) is 1. The summed E-state index contributed by atoms with van der Waals surface area (Å²) in [5, 5.41) is 6.62. The van der Waals surface area contributed by atoms with Crippen molar-refractivity contribution < 1.29 is 4.74 Å². The highest BCUT2D eigenvalue weighted by atomic mass is 16.5. The third kappa shape index (κ3) is 7.09. The maximum absolute atomic E-state index is 5.78. The highest BCUT2D eigenvalue weighted by Gasteiger charge is 2.05. The van der Waals surface area contributed by atoms with Crippen molar-refractivity contribution in [3.63, 3.8) is 0 Å². The molecule has 6 heteroatoms. The van der Waals surface area contributed by atoms with Crippen molar-refractivity contribution in [3.8, 4) is 5.88 Å². The number of aliphatic imine (C=N–C) groups is 1. The molecular formula is C20H29N5O. The van der Waals surface area contributed by atoms with E-state index in [9.17, 15) is 0 Å². The number of hydrogen-bond donors (Lipinski definition) is 2. The Hall–Kier alpha value is -2.63. The first-order valence-electron chi connectivity index (χ1n) is 9.32. The fourth-order valence-corrected chi connectivity index (χ4v) is 2.35. The first-order chi connectivity index (χ1) is 12.8. The van der Waals surface area contributed by atoms with Crippen LogP contribution in [0.25, 0.3) is 0 Å². The SMILES string of the molecule is CCCCOc1ncccc1CN=C(NCC)NCCc1ccccn1. The number of pyridine rings is 2. The molecule has 0 aromatic carbocycles. The van der Waals surface area contributed by atoms with E-state index in [1.54, 1.807) is 6.20 Å². The van der Waals surface area contributed by atoms with E-state index >= 15 is 0 Å². The summed E-state index contributed by atoms with van der Waals surface area (Å²) < 4.78 is 5.78. The van der Waals surface area contributed by atoms with Crippen molar-refractivity contribution in [2.75, 3.05) is 19.7 Å². The number of unbranched alkanes of at least 4 members (excludes halogenated alkanes) is 1. The zero-order valence-corrected chi connectivity index (χ0v) is 15.7. The van der Waals surface area contributed by atoms with Crippen LogP contribution in [-0.4, -0.2) is 35.6 Å². The molecule has 0 saturated heterocycles. The van der Waals surface area contributed by atoms with Crippen LogP contribution in [0.4, 0.5) is 0 Å². The molecule has 0 spiro atoms. The van der Waals surface area contributed by atoms with Crippen LogP contribution in [0.2, 0.25) is 0 Å². The van der Waals surface area contributed by atoms with Gasteiger partial charge in [-0.15, -0.1) is 0 Å². The van der Waals surface area contributed by atoms with Crippen molar-refractivity contribution in [2.45, 2.75) is 39.7 Å². The molecule has 0 aliphatic heterocycles. The molecule has 0 amide bonds. The number of nitrogens with one attached hydrogen (secondary N) is 2. The Morgan fingerprint density at radius 1 is 1.08 bits per heavy atom. The predicted octanol–water partition coefficient (Wildman–Crippen LogP) is 2.95. The van der Waals surface area contributed by atoms with Crippen molar-refractivity contribution in [1.82, 2.24) is 20.6 Å². The summed E-state index contributed by atoms with van der Waals surface area (Å²) >= 11 is 0. The molecule has 0 radical (unpaired) electrons. The van der Waals surface area contributed by atoms with Gasteiger partial charge in [0.15, 0.2) is 5.96 Å².